The van der Waals surface area contributed by atoms with E-state index < -0.39 is 83.9 Å². The second-order valence-corrected chi connectivity index (χ2v) is 7.54. The van der Waals surface area contributed by atoms with Crippen molar-refractivity contribution < 1.29 is 39.0 Å². The molecule has 0 aromatic rings. The van der Waals surface area contributed by atoms with Gasteiger partial charge in [-0.1, -0.05) is 12.2 Å². The lowest BCUT2D eigenvalue weighted by atomic mass is 9.54. The summed E-state index contributed by atoms with van der Waals surface area (Å²) in [6, 6.07) is 0. The molecule has 2 bridgehead atoms. The zero-order valence-electron chi connectivity index (χ0n) is 14.6. The minimum Gasteiger partial charge on any atom is -0.550 e. The number of nitrogens with zero attached hydrogens (tertiary/aromatic N) is 2. The Labute approximate surface area is 158 Å². The number of aliphatic carboxylic acids is 2. The molecule has 2 heterocycles. The third-order valence-corrected chi connectivity index (χ3v) is 6.27. The number of rotatable bonds is 6. The molecule has 0 aromatic carbocycles. The van der Waals surface area contributed by atoms with Crippen LogP contribution in [0.25, 0.3) is 0 Å². The van der Waals surface area contributed by atoms with Gasteiger partial charge in [0.05, 0.1) is 23.7 Å². The maximum absolute atomic E-state index is 12.8. The average Bonchev–Trinajstić information content (AvgIpc) is 3.06. The van der Waals surface area contributed by atoms with Crippen LogP contribution >= 0.6 is 0 Å². The van der Waals surface area contributed by atoms with E-state index in [2.05, 4.69) is 0 Å². The van der Waals surface area contributed by atoms with Gasteiger partial charge in [0.25, 0.3) is 0 Å². The van der Waals surface area contributed by atoms with E-state index in [9.17, 15) is 39.0 Å². The molecule has 1 saturated carbocycles. The molecule has 5 aliphatic rings. The van der Waals surface area contributed by atoms with Crippen LogP contribution in [0.1, 0.15) is 12.8 Å². The molecule has 5 rings (SSSR count). The van der Waals surface area contributed by atoms with Crippen molar-refractivity contribution in [2.75, 3.05) is 13.1 Å². The number of likely N-dealkylation sites (tertiary alicyclic amines) is 2. The highest BCUT2D eigenvalue weighted by Crippen LogP contribution is 2.57. The third-order valence-electron chi connectivity index (χ3n) is 6.27. The smallest absolute Gasteiger partial charge is 0.233 e. The van der Waals surface area contributed by atoms with Crippen molar-refractivity contribution in [3.8, 4) is 0 Å². The Hall–Kier alpha value is -3.04. The van der Waals surface area contributed by atoms with E-state index in [1.165, 1.54) is 0 Å². The number of carboxylic acids is 2. The van der Waals surface area contributed by atoms with Crippen molar-refractivity contribution in [3.63, 3.8) is 0 Å². The number of amides is 4. The molecular formula is C18H16N2O8-2. The topological polar surface area (TPSA) is 155 Å². The molecule has 0 unspecified atom stereocenters. The second-order valence-electron chi connectivity index (χ2n) is 7.54. The van der Waals surface area contributed by atoms with Crippen LogP contribution < -0.4 is 10.2 Å². The summed E-state index contributed by atoms with van der Waals surface area (Å²) in [5, 5.41) is 21.4. The molecule has 10 heteroatoms. The fraction of sp³-hybridized carbons (Fsp3) is 0.556. The van der Waals surface area contributed by atoms with Crippen molar-refractivity contribution in [3.05, 3.63) is 12.2 Å². The molecule has 0 spiro atoms. The Morgan fingerprint density at radius 3 is 1.21 bits per heavy atom. The highest BCUT2D eigenvalue weighted by Gasteiger charge is 2.68. The largest absolute Gasteiger partial charge is 0.550 e. The van der Waals surface area contributed by atoms with Gasteiger partial charge in [0.15, 0.2) is 0 Å². The SMILES string of the molecule is O=C([O-])CCN1C(=O)[C@@H]2C3C=CC([C@@H]2C1=O)[C@@H]1C(=O)N(CCC(=O)[O-])C(=O)[C@H]31. The van der Waals surface area contributed by atoms with Crippen molar-refractivity contribution >= 4 is 35.6 Å². The van der Waals surface area contributed by atoms with Gasteiger partial charge in [0.1, 0.15) is 0 Å². The Morgan fingerprint density at radius 1 is 0.679 bits per heavy atom. The average molecular weight is 388 g/mol. The summed E-state index contributed by atoms with van der Waals surface area (Å²) < 4.78 is 0. The molecule has 3 fully saturated rings. The predicted molar refractivity (Wildman–Crippen MR) is 82.8 cm³/mol. The fourth-order valence-electron chi connectivity index (χ4n) is 5.20. The molecule has 4 atom stereocenters. The number of hydrogen-bond donors (Lipinski definition) is 0. The van der Waals surface area contributed by atoms with Crippen LogP contribution in [0.5, 0.6) is 0 Å². The first-order valence-electron chi connectivity index (χ1n) is 9.02. The number of imide groups is 2. The standard InChI is InChI=1S/C18H18N2O8/c21-9(22)3-5-19-15(25)11-7-1-2-8(13(11)17(19)27)14-12(7)16(26)20(18(14)28)6-4-10(23)24/h1-2,7-8,11-14H,3-6H2,(H,21,22)(H,23,24)/p-2/t7?,8?,11-,12-,13+,14+. The Balaban J connectivity index is 1.63. The van der Waals surface area contributed by atoms with Gasteiger partial charge < -0.3 is 19.8 Å². The van der Waals surface area contributed by atoms with E-state index in [0.717, 1.165) is 9.80 Å². The van der Waals surface area contributed by atoms with Crippen molar-refractivity contribution in [2.24, 2.45) is 35.5 Å². The molecule has 0 radical (unpaired) electrons. The summed E-state index contributed by atoms with van der Waals surface area (Å²) in [6.45, 7) is -0.608. The molecule has 0 aromatic heterocycles. The van der Waals surface area contributed by atoms with Gasteiger partial charge in [-0.25, -0.2) is 0 Å². The first-order valence-corrected chi connectivity index (χ1v) is 9.02. The van der Waals surface area contributed by atoms with Crippen molar-refractivity contribution in [1.82, 2.24) is 9.80 Å². The van der Waals surface area contributed by atoms with Crippen LogP contribution in [-0.4, -0.2) is 58.5 Å². The summed E-state index contributed by atoms with van der Waals surface area (Å²) >= 11 is 0. The van der Waals surface area contributed by atoms with Crippen LogP contribution in [-0.2, 0) is 28.8 Å². The van der Waals surface area contributed by atoms with Crippen molar-refractivity contribution in [2.45, 2.75) is 12.8 Å². The maximum atomic E-state index is 12.8. The number of allylic oxidation sites excluding steroid dienone is 2. The summed E-state index contributed by atoms with van der Waals surface area (Å²) in [7, 11) is 0. The van der Waals surface area contributed by atoms with Gasteiger partial charge in [-0.05, 0) is 0 Å². The van der Waals surface area contributed by atoms with Gasteiger partial charge in [0, 0.05) is 49.7 Å². The zero-order chi connectivity index (χ0) is 20.3. The summed E-state index contributed by atoms with van der Waals surface area (Å²) in [5.41, 5.74) is 0. The maximum Gasteiger partial charge on any atom is 0.233 e. The summed E-state index contributed by atoms with van der Waals surface area (Å²) in [6.07, 6.45) is 2.38. The molecule has 148 valence electrons. The molecule has 3 aliphatic carbocycles. The fourth-order valence-corrected chi connectivity index (χ4v) is 5.20. The van der Waals surface area contributed by atoms with Crippen LogP contribution in [0.4, 0.5) is 0 Å². The summed E-state index contributed by atoms with van der Waals surface area (Å²) in [4.78, 5) is 74.3. The van der Waals surface area contributed by atoms with E-state index >= 15 is 0 Å². The lowest BCUT2D eigenvalue weighted by Gasteiger charge is -2.44. The lowest BCUT2D eigenvalue weighted by Crippen LogP contribution is -2.50. The van der Waals surface area contributed by atoms with E-state index in [0.29, 0.717) is 0 Å². The highest BCUT2D eigenvalue weighted by molar-refractivity contribution is 6.11. The molecule has 4 amide bonds. The highest BCUT2D eigenvalue weighted by atomic mass is 16.4. The zero-order valence-corrected chi connectivity index (χ0v) is 14.6. The normalized spacial score (nSPS) is 35.6. The van der Waals surface area contributed by atoms with Crippen LogP contribution in [0.15, 0.2) is 12.2 Å². The van der Waals surface area contributed by atoms with E-state index in [4.69, 9.17) is 0 Å². The van der Waals surface area contributed by atoms with Crippen molar-refractivity contribution in [1.29, 1.82) is 0 Å². The van der Waals surface area contributed by atoms with E-state index in [1.54, 1.807) is 12.2 Å². The van der Waals surface area contributed by atoms with Gasteiger partial charge in [-0.2, -0.15) is 0 Å². The molecule has 10 nitrogen and oxygen atoms in total. The van der Waals surface area contributed by atoms with Crippen LogP contribution in [0.3, 0.4) is 0 Å². The number of carbonyl (C=O) groups is 6. The van der Waals surface area contributed by atoms with Crippen LogP contribution in [0.2, 0.25) is 0 Å². The van der Waals surface area contributed by atoms with Gasteiger partial charge in [-0.3, -0.25) is 29.0 Å². The number of carbonyl (C=O) groups excluding carboxylic acids is 6. The van der Waals surface area contributed by atoms with Gasteiger partial charge in [-0.15, -0.1) is 0 Å². The molecule has 2 saturated heterocycles. The Kier molecular flexibility index (Phi) is 4.09. The second kappa shape index (κ2) is 6.25. The summed E-state index contributed by atoms with van der Waals surface area (Å²) in [5.74, 6) is -9.51. The minimum absolute atomic E-state index is 0.304. The first kappa shape index (κ1) is 18.3. The van der Waals surface area contributed by atoms with E-state index in [-0.39, 0.29) is 13.1 Å². The molecule has 0 N–H and O–H groups in total. The van der Waals surface area contributed by atoms with Gasteiger partial charge in [0.2, 0.25) is 23.6 Å². The first-order chi connectivity index (χ1) is 13.2. The Bertz CT molecular complexity index is 737. The third kappa shape index (κ3) is 2.40. The Morgan fingerprint density at radius 2 is 0.964 bits per heavy atom. The number of hydrogen-bond acceptors (Lipinski definition) is 8. The number of carboxylic acid groups (broad SMARTS) is 2. The molecule has 2 aliphatic heterocycles. The lowest BCUT2D eigenvalue weighted by molar-refractivity contribution is -0.307. The molecular weight excluding hydrogens is 372 g/mol. The predicted octanol–water partition coefficient (Wildman–Crippen LogP) is -3.72. The van der Waals surface area contributed by atoms with E-state index in [1.807, 2.05) is 0 Å². The quantitative estimate of drug-likeness (QED) is 0.332. The monoisotopic (exact) mass is 388 g/mol. The minimum atomic E-state index is -1.39. The van der Waals surface area contributed by atoms with Crippen LogP contribution in [0, 0.1) is 35.5 Å². The van der Waals surface area contributed by atoms with Gasteiger partial charge >= 0.3 is 0 Å². The molecule has 28 heavy (non-hydrogen) atoms.